The minimum absolute atomic E-state index is 0.221. The molecular formula is C17H15N5O. The number of rotatable bonds is 3. The highest BCUT2D eigenvalue weighted by Gasteiger charge is 2.06. The second-order valence-corrected chi connectivity index (χ2v) is 5.17. The van der Waals surface area contributed by atoms with E-state index in [9.17, 15) is 4.79 Å². The fraction of sp³-hybridized carbons (Fsp3) is 0.0588. The molecule has 0 atom stereocenters. The maximum absolute atomic E-state index is 11.7. The van der Waals surface area contributed by atoms with Gasteiger partial charge in [0.05, 0.1) is 11.2 Å². The summed E-state index contributed by atoms with van der Waals surface area (Å²) in [5.41, 5.74) is 9.08. The number of carbonyl (C=O) groups excluding carboxylic acids is 1. The van der Waals surface area contributed by atoms with Gasteiger partial charge in [-0.1, -0.05) is 18.7 Å². The number of benzene rings is 1. The Balaban J connectivity index is 1.98. The molecular weight excluding hydrogens is 290 g/mol. The van der Waals surface area contributed by atoms with Crippen molar-refractivity contribution in [2.75, 3.05) is 11.1 Å². The number of hydrogen-bond acceptors (Lipinski definition) is 5. The van der Waals surface area contributed by atoms with E-state index in [-0.39, 0.29) is 11.9 Å². The fourth-order valence-corrected chi connectivity index (χ4v) is 2.10. The van der Waals surface area contributed by atoms with Crippen LogP contribution in [-0.2, 0) is 4.79 Å². The first-order chi connectivity index (χ1) is 11.0. The average Bonchev–Trinajstić information content (AvgIpc) is 2.54. The number of aromatic nitrogens is 3. The zero-order chi connectivity index (χ0) is 16.4. The van der Waals surface area contributed by atoms with E-state index in [1.807, 2.05) is 18.2 Å². The smallest absolute Gasteiger partial charge is 0.250 e. The largest absolute Gasteiger partial charge is 0.368 e. The Morgan fingerprint density at radius 1 is 1.22 bits per heavy atom. The third-order valence-corrected chi connectivity index (χ3v) is 3.30. The highest BCUT2D eigenvalue weighted by Crippen LogP contribution is 2.24. The Bertz CT molecular complexity index is 920. The number of nitrogen functional groups attached to an aromatic ring is 1. The third kappa shape index (κ3) is 3.16. The summed E-state index contributed by atoms with van der Waals surface area (Å²) >= 11 is 0. The molecule has 3 N–H and O–H groups in total. The third-order valence-electron chi connectivity index (χ3n) is 3.30. The van der Waals surface area contributed by atoms with Crippen LogP contribution in [0, 0.1) is 0 Å². The van der Waals surface area contributed by atoms with Crippen LogP contribution in [0.3, 0.4) is 0 Å². The second-order valence-electron chi connectivity index (χ2n) is 5.17. The lowest BCUT2D eigenvalue weighted by Gasteiger charge is -2.07. The predicted molar refractivity (Wildman–Crippen MR) is 90.6 cm³/mol. The molecule has 0 fully saturated rings. The molecule has 2 aromatic heterocycles. The molecule has 0 saturated heterocycles. The summed E-state index contributed by atoms with van der Waals surface area (Å²) in [5.74, 6) is 0.00579. The number of nitrogens with zero attached hydrogens (tertiary/aromatic N) is 3. The number of anilines is 2. The zero-order valence-corrected chi connectivity index (χ0v) is 12.6. The number of amides is 1. The summed E-state index contributed by atoms with van der Waals surface area (Å²) < 4.78 is 0. The highest BCUT2D eigenvalue weighted by atomic mass is 16.1. The number of hydrogen-bond donors (Lipinski definition) is 2. The van der Waals surface area contributed by atoms with E-state index in [1.54, 1.807) is 31.5 Å². The van der Waals surface area contributed by atoms with Crippen molar-refractivity contribution in [3.63, 3.8) is 0 Å². The van der Waals surface area contributed by atoms with Crippen molar-refractivity contribution in [1.82, 2.24) is 15.0 Å². The summed E-state index contributed by atoms with van der Waals surface area (Å²) in [6, 6.07) is 9.25. The SMILES string of the molecule is C=C(C)C(=O)Nc1ccnc(-c2ccc3cnc(N)nc3c2)c1. The number of nitrogens with two attached hydrogens (primary N) is 1. The van der Waals surface area contributed by atoms with E-state index in [0.717, 1.165) is 22.2 Å². The van der Waals surface area contributed by atoms with E-state index in [2.05, 4.69) is 26.8 Å². The van der Waals surface area contributed by atoms with Gasteiger partial charge >= 0.3 is 0 Å². The number of pyridine rings is 1. The van der Waals surface area contributed by atoms with Crippen molar-refractivity contribution < 1.29 is 4.79 Å². The van der Waals surface area contributed by atoms with Crippen LogP contribution in [0.2, 0.25) is 0 Å². The van der Waals surface area contributed by atoms with Crippen molar-refractivity contribution in [3.05, 3.63) is 54.9 Å². The molecule has 0 radical (unpaired) electrons. The molecule has 1 amide bonds. The maximum Gasteiger partial charge on any atom is 0.250 e. The van der Waals surface area contributed by atoms with Crippen molar-refractivity contribution in [2.24, 2.45) is 0 Å². The van der Waals surface area contributed by atoms with Gasteiger partial charge in [-0.3, -0.25) is 9.78 Å². The minimum Gasteiger partial charge on any atom is -0.368 e. The molecule has 3 aromatic rings. The second kappa shape index (κ2) is 5.84. The van der Waals surface area contributed by atoms with Gasteiger partial charge in [0.15, 0.2) is 0 Å². The first-order valence-corrected chi connectivity index (χ1v) is 6.98. The van der Waals surface area contributed by atoms with E-state index in [4.69, 9.17) is 5.73 Å². The van der Waals surface area contributed by atoms with Crippen molar-refractivity contribution in [2.45, 2.75) is 6.92 Å². The zero-order valence-electron chi connectivity index (χ0n) is 12.6. The van der Waals surface area contributed by atoms with Gasteiger partial charge in [0.25, 0.3) is 5.91 Å². The predicted octanol–water partition coefficient (Wildman–Crippen LogP) is 2.79. The van der Waals surface area contributed by atoms with Crippen LogP contribution in [0.1, 0.15) is 6.92 Å². The molecule has 1 aromatic carbocycles. The molecule has 6 nitrogen and oxygen atoms in total. The van der Waals surface area contributed by atoms with Crippen LogP contribution in [-0.4, -0.2) is 20.9 Å². The van der Waals surface area contributed by atoms with Gasteiger partial charge in [-0.25, -0.2) is 9.97 Å². The van der Waals surface area contributed by atoms with Gasteiger partial charge in [-0.15, -0.1) is 0 Å². The minimum atomic E-state index is -0.221. The van der Waals surface area contributed by atoms with Gasteiger partial charge in [0, 0.05) is 34.6 Å². The van der Waals surface area contributed by atoms with Gasteiger partial charge in [0.1, 0.15) is 0 Å². The lowest BCUT2D eigenvalue weighted by molar-refractivity contribution is -0.112. The molecule has 0 aliphatic carbocycles. The molecule has 6 heteroatoms. The van der Waals surface area contributed by atoms with Crippen molar-refractivity contribution in [1.29, 1.82) is 0 Å². The Morgan fingerprint density at radius 3 is 2.83 bits per heavy atom. The lowest BCUT2D eigenvalue weighted by atomic mass is 10.1. The summed E-state index contributed by atoms with van der Waals surface area (Å²) in [4.78, 5) is 24.2. The topological polar surface area (TPSA) is 93.8 Å². The maximum atomic E-state index is 11.7. The van der Waals surface area contributed by atoms with Crippen LogP contribution in [0.5, 0.6) is 0 Å². The quantitative estimate of drug-likeness (QED) is 0.726. The summed E-state index contributed by atoms with van der Waals surface area (Å²) in [6.45, 7) is 5.28. The van der Waals surface area contributed by atoms with Crippen LogP contribution in [0.25, 0.3) is 22.2 Å². The van der Waals surface area contributed by atoms with Gasteiger partial charge in [-0.05, 0) is 25.1 Å². The van der Waals surface area contributed by atoms with Crippen molar-refractivity contribution >= 4 is 28.4 Å². The van der Waals surface area contributed by atoms with Gasteiger partial charge in [0.2, 0.25) is 5.95 Å². The van der Waals surface area contributed by atoms with E-state index >= 15 is 0 Å². The van der Waals surface area contributed by atoms with Crippen LogP contribution in [0.4, 0.5) is 11.6 Å². The first kappa shape index (κ1) is 14.6. The molecule has 0 saturated carbocycles. The first-order valence-electron chi connectivity index (χ1n) is 6.98. The Kier molecular flexibility index (Phi) is 3.72. The van der Waals surface area contributed by atoms with E-state index in [0.29, 0.717) is 11.3 Å². The highest BCUT2D eigenvalue weighted by molar-refractivity contribution is 6.03. The molecule has 0 aliphatic heterocycles. The van der Waals surface area contributed by atoms with E-state index in [1.165, 1.54) is 0 Å². The van der Waals surface area contributed by atoms with Crippen LogP contribution >= 0.6 is 0 Å². The Hall–Kier alpha value is -3.28. The molecule has 0 aliphatic rings. The summed E-state index contributed by atoms with van der Waals surface area (Å²) in [6.07, 6.45) is 3.32. The van der Waals surface area contributed by atoms with Crippen molar-refractivity contribution in [3.8, 4) is 11.3 Å². The number of nitrogens with one attached hydrogen (secondary N) is 1. The molecule has 0 spiro atoms. The average molecular weight is 305 g/mol. The van der Waals surface area contributed by atoms with E-state index < -0.39 is 0 Å². The number of fused-ring (bicyclic) bond motifs is 1. The lowest BCUT2D eigenvalue weighted by Crippen LogP contribution is -2.11. The normalized spacial score (nSPS) is 10.5. The Labute approximate surface area is 133 Å². The monoisotopic (exact) mass is 305 g/mol. The molecule has 2 heterocycles. The summed E-state index contributed by atoms with van der Waals surface area (Å²) in [7, 11) is 0. The van der Waals surface area contributed by atoms with Gasteiger partial charge < -0.3 is 11.1 Å². The molecule has 114 valence electrons. The number of carbonyl (C=O) groups is 1. The molecule has 23 heavy (non-hydrogen) atoms. The summed E-state index contributed by atoms with van der Waals surface area (Å²) in [5, 5.41) is 3.67. The standard InChI is InChI=1S/C17H15N5O/c1-10(2)16(23)21-13-5-6-19-14(8-13)11-3-4-12-9-20-17(18)22-15(12)7-11/h3-9H,1H2,2H3,(H2,18,20,22)(H,19,21,23). The molecule has 0 bridgehead atoms. The van der Waals surface area contributed by atoms with Gasteiger partial charge in [-0.2, -0.15) is 0 Å². The molecule has 0 unspecified atom stereocenters. The Morgan fingerprint density at radius 2 is 2.04 bits per heavy atom. The fourth-order valence-electron chi connectivity index (χ4n) is 2.10. The van der Waals surface area contributed by atoms with Crippen LogP contribution in [0.15, 0.2) is 54.9 Å². The van der Waals surface area contributed by atoms with Crippen LogP contribution < -0.4 is 11.1 Å². The molecule has 3 rings (SSSR count).